The molecule has 0 bridgehead atoms. The van der Waals surface area contributed by atoms with Crippen molar-refractivity contribution in [3.63, 3.8) is 0 Å². The summed E-state index contributed by atoms with van der Waals surface area (Å²) in [5, 5.41) is 12.9. The van der Waals surface area contributed by atoms with E-state index in [4.69, 9.17) is 0 Å². The van der Waals surface area contributed by atoms with Gasteiger partial charge in [0.1, 0.15) is 5.54 Å². The summed E-state index contributed by atoms with van der Waals surface area (Å²) in [7, 11) is 1.94. The van der Waals surface area contributed by atoms with Crippen molar-refractivity contribution >= 4 is 0 Å². The van der Waals surface area contributed by atoms with Gasteiger partial charge >= 0.3 is 0 Å². The van der Waals surface area contributed by atoms with Gasteiger partial charge < -0.3 is 5.32 Å². The predicted molar refractivity (Wildman–Crippen MR) is 76.4 cm³/mol. The van der Waals surface area contributed by atoms with Crippen LogP contribution in [0, 0.1) is 17.2 Å². The van der Waals surface area contributed by atoms with Crippen molar-refractivity contribution in [3.05, 3.63) is 0 Å². The van der Waals surface area contributed by atoms with Crippen LogP contribution in [0.2, 0.25) is 0 Å². The summed E-state index contributed by atoms with van der Waals surface area (Å²) in [6, 6.07) is 3.07. The molecule has 0 saturated heterocycles. The number of nitrogens with one attached hydrogen (secondary N) is 1. The Morgan fingerprint density at radius 1 is 1.39 bits per heavy atom. The number of likely N-dealkylation sites (N-methyl/N-ethyl adjacent to an activating group) is 1. The highest BCUT2D eigenvalue weighted by molar-refractivity contribution is 5.16. The first-order valence-electron chi connectivity index (χ1n) is 7.43. The second-order valence-electron chi connectivity index (χ2n) is 5.88. The van der Waals surface area contributed by atoms with Crippen molar-refractivity contribution in [2.24, 2.45) is 5.92 Å². The normalized spacial score (nSPS) is 18.9. The fraction of sp³-hybridized carbons (Fsp3) is 0.933. The maximum Gasteiger partial charge on any atom is 0.122 e. The quantitative estimate of drug-likeness (QED) is 0.640. The molecule has 1 fully saturated rings. The summed E-state index contributed by atoms with van der Waals surface area (Å²) in [6.07, 6.45) is 6.19. The third kappa shape index (κ3) is 3.96. The number of hydrogen-bond acceptors (Lipinski definition) is 3. The van der Waals surface area contributed by atoms with Crippen LogP contribution >= 0.6 is 0 Å². The summed E-state index contributed by atoms with van der Waals surface area (Å²) >= 11 is 0. The summed E-state index contributed by atoms with van der Waals surface area (Å²) < 4.78 is 0. The molecule has 104 valence electrons. The van der Waals surface area contributed by atoms with Crippen LogP contribution in [0.4, 0.5) is 0 Å². The van der Waals surface area contributed by atoms with Crippen LogP contribution in [0.5, 0.6) is 0 Å². The molecule has 1 rings (SSSR count). The molecule has 0 aromatic heterocycles. The standard InChI is InChI=1S/C15H29N3/c1-5-6-7-10-18(13(2)3)12-15(11-16,17-4)14-8-9-14/h13-14,17H,5-10,12H2,1-4H3. The third-order valence-electron chi connectivity index (χ3n) is 4.15. The molecule has 0 aromatic rings. The van der Waals surface area contributed by atoms with E-state index >= 15 is 0 Å². The van der Waals surface area contributed by atoms with Gasteiger partial charge in [-0.1, -0.05) is 19.8 Å². The molecule has 1 aliphatic carbocycles. The Morgan fingerprint density at radius 2 is 2.06 bits per heavy atom. The van der Waals surface area contributed by atoms with Gasteiger partial charge in [-0.2, -0.15) is 5.26 Å². The van der Waals surface area contributed by atoms with Crippen molar-refractivity contribution < 1.29 is 0 Å². The number of unbranched alkanes of at least 4 members (excludes halogenated alkanes) is 2. The molecule has 1 unspecified atom stereocenters. The van der Waals surface area contributed by atoms with E-state index in [0.717, 1.165) is 13.1 Å². The largest absolute Gasteiger partial charge is 0.301 e. The molecule has 0 radical (unpaired) electrons. The predicted octanol–water partition coefficient (Wildman–Crippen LogP) is 2.78. The molecule has 3 heteroatoms. The Kier molecular flexibility index (Phi) is 6.11. The van der Waals surface area contributed by atoms with Gasteiger partial charge in [-0.15, -0.1) is 0 Å². The number of nitrogens with zero attached hydrogens (tertiary/aromatic N) is 2. The fourth-order valence-corrected chi connectivity index (χ4v) is 2.58. The molecule has 0 spiro atoms. The van der Waals surface area contributed by atoms with E-state index < -0.39 is 0 Å². The van der Waals surface area contributed by atoms with Crippen molar-refractivity contribution in [3.8, 4) is 6.07 Å². The van der Waals surface area contributed by atoms with E-state index in [0.29, 0.717) is 12.0 Å². The minimum absolute atomic E-state index is 0.323. The monoisotopic (exact) mass is 251 g/mol. The van der Waals surface area contributed by atoms with Crippen LogP contribution in [0.1, 0.15) is 52.9 Å². The Bertz CT molecular complexity index is 278. The molecular formula is C15H29N3. The van der Waals surface area contributed by atoms with Crippen molar-refractivity contribution in [1.82, 2.24) is 10.2 Å². The highest BCUT2D eigenvalue weighted by atomic mass is 15.2. The Hall–Kier alpha value is -0.590. The zero-order valence-electron chi connectivity index (χ0n) is 12.5. The molecule has 0 amide bonds. The molecule has 0 heterocycles. The molecule has 1 N–H and O–H groups in total. The van der Waals surface area contributed by atoms with Gasteiger partial charge in [-0.05, 0) is 52.6 Å². The first kappa shape index (κ1) is 15.5. The lowest BCUT2D eigenvalue weighted by Crippen LogP contribution is -2.54. The van der Waals surface area contributed by atoms with Gasteiger partial charge in [-0.25, -0.2) is 0 Å². The topological polar surface area (TPSA) is 39.1 Å². The second kappa shape index (κ2) is 7.11. The molecular weight excluding hydrogens is 222 g/mol. The highest BCUT2D eigenvalue weighted by Crippen LogP contribution is 2.40. The van der Waals surface area contributed by atoms with E-state index in [1.807, 2.05) is 7.05 Å². The number of nitriles is 1. The van der Waals surface area contributed by atoms with Crippen molar-refractivity contribution in [2.45, 2.75) is 64.5 Å². The second-order valence-corrected chi connectivity index (χ2v) is 5.88. The third-order valence-corrected chi connectivity index (χ3v) is 4.15. The van der Waals surface area contributed by atoms with Gasteiger partial charge in [-0.3, -0.25) is 4.90 Å². The minimum atomic E-state index is -0.323. The van der Waals surface area contributed by atoms with E-state index in [9.17, 15) is 5.26 Å². The lowest BCUT2D eigenvalue weighted by Gasteiger charge is -2.35. The molecule has 0 aliphatic heterocycles. The Labute approximate surface area is 113 Å². The molecule has 3 nitrogen and oxygen atoms in total. The summed E-state index contributed by atoms with van der Waals surface area (Å²) in [5.41, 5.74) is -0.323. The zero-order valence-corrected chi connectivity index (χ0v) is 12.5. The fourth-order valence-electron chi connectivity index (χ4n) is 2.58. The lowest BCUT2D eigenvalue weighted by atomic mass is 9.93. The van der Waals surface area contributed by atoms with E-state index in [1.54, 1.807) is 0 Å². The van der Waals surface area contributed by atoms with Crippen molar-refractivity contribution in [2.75, 3.05) is 20.1 Å². The smallest absolute Gasteiger partial charge is 0.122 e. The Morgan fingerprint density at radius 3 is 2.44 bits per heavy atom. The van der Waals surface area contributed by atoms with Crippen LogP contribution in [-0.2, 0) is 0 Å². The molecule has 18 heavy (non-hydrogen) atoms. The SMILES string of the molecule is CCCCCN(CC(C#N)(NC)C1CC1)C(C)C. The zero-order chi connectivity index (χ0) is 13.6. The number of rotatable bonds is 9. The van der Waals surface area contributed by atoms with Crippen LogP contribution in [0.25, 0.3) is 0 Å². The maximum absolute atomic E-state index is 9.55. The van der Waals surface area contributed by atoms with Crippen LogP contribution in [0.15, 0.2) is 0 Å². The minimum Gasteiger partial charge on any atom is -0.301 e. The van der Waals surface area contributed by atoms with Gasteiger partial charge in [0.25, 0.3) is 0 Å². The van der Waals surface area contributed by atoms with Gasteiger partial charge in [0.05, 0.1) is 6.07 Å². The molecule has 1 aliphatic rings. The van der Waals surface area contributed by atoms with Gasteiger partial charge in [0.15, 0.2) is 0 Å². The summed E-state index contributed by atoms with van der Waals surface area (Å²) in [5.74, 6) is 0.555. The maximum atomic E-state index is 9.55. The molecule has 1 atom stereocenters. The average molecular weight is 251 g/mol. The van der Waals surface area contributed by atoms with Crippen molar-refractivity contribution in [1.29, 1.82) is 5.26 Å². The van der Waals surface area contributed by atoms with Crippen LogP contribution < -0.4 is 5.32 Å². The van der Waals surface area contributed by atoms with Gasteiger partial charge in [0.2, 0.25) is 0 Å². The van der Waals surface area contributed by atoms with E-state index in [1.165, 1.54) is 32.1 Å². The van der Waals surface area contributed by atoms with E-state index in [-0.39, 0.29) is 5.54 Å². The first-order chi connectivity index (χ1) is 8.59. The molecule has 0 aromatic carbocycles. The molecule has 1 saturated carbocycles. The van der Waals surface area contributed by atoms with Gasteiger partial charge in [0, 0.05) is 12.6 Å². The summed E-state index contributed by atoms with van der Waals surface area (Å²) in [4.78, 5) is 2.47. The highest BCUT2D eigenvalue weighted by Gasteiger charge is 2.45. The van der Waals surface area contributed by atoms with Crippen LogP contribution in [0.3, 0.4) is 0 Å². The summed E-state index contributed by atoms with van der Waals surface area (Å²) in [6.45, 7) is 8.68. The lowest BCUT2D eigenvalue weighted by molar-refractivity contribution is 0.163. The Balaban J connectivity index is 2.60. The number of hydrogen-bond donors (Lipinski definition) is 1. The average Bonchev–Trinajstić information content (AvgIpc) is 3.18. The first-order valence-corrected chi connectivity index (χ1v) is 7.43. The van der Waals surface area contributed by atoms with E-state index in [2.05, 4.69) is 37.1 Å². The van der Waals surface area contributed by atoms with Crippen LogP contribution in [-0.4, -0.2) is 36.6 Å².